The SMILES string of the molecule is COC(CO)C(OC)C(OC)C(=O)O. The van der Waals surface area contributed by atoms with Crippen LogP contribution >= 0.6 is 0 Å². The Bertz CT molecular complexity index is 167. The molecule has 2 N–H and O–H groups in total. The van der Waals surface area contributed by atoms with Crippen LogP contribution in [0.5, 0.6) is 0 Å². The number of ether oxygens (including phenoxy) is 3. The first-order valence-corrected chi connectivity index (χ1v) is 4.04. The molecule has 0 fully saturated rings. The summed E-state index contributed by atoms with van der Waals surface area (Å²) in [4.78, 5) is 10.7. The Kier molecular flexibility index (Phi) is 6.39. The van der Waals surface area contributed by atoms with Crippen LogP contribution in [0.2, 0.25) is 0 Å². The topological polar surface area (TPSA) is 85.2 Å². The van der Waals surface area contributed by atoms with Crippen LogP contribution in [0.3, 0.4) is 0 Å². The molecule has 0 amide bonds. The van der Waals surface area contributed by atoms with Crippen molar-refractivity contribution in [1.82, 2.24) is 0 Å². The summed E-state index contributed by atoms with van der Waals surface area (Å²) in [7, 11) is 3.96. The van der Waals surface area contributed by atoms with E-state index in [4.69, 9.17) is 24.4 Å². The molecule has 3 unspecified atom stereocenters. The highest BCUT2D eigenvalue weighted by molar-refractivity contribution is 5.73. The molecule has 0 aliphatic heterocycles. The number of aliphatic carboxylic acids is 1. The highest BCUT2D eigenvalue weighted by Gasteiger charge is 2.34. The van der Waals surface area contributed by atoms with Gasteiger partial charge in [-0.25, -0.2) is 4.79 Å². The number of hydrogen-bond donors (Lipinski definition) is 2. The average molecular weight is 208 g/mol. The van der Waals surface area contributed by atoms with Gasteiger partial charge in [-0.05, 0) is 0 Å². The highest BCUT2D eigenvalue weighted by Crippen LogP contribution is 2.10. The van der Waals surface area contributed by atoms with Crippen LogP contribution in [-0.4, -0.2) is 62.4 Å². The largest absolute Gasteiger partial charge is 0.479 e. The molecule has 0 heterocycles. The third kappa shape index (κ3) is 3.22. The van der Waals surface area contributed by atoms with Gasteiger partial charge in [-0.1, -0.05) is 0 Å². The van der Waals surface area contributed by atoms with Crippen molar-refractivity contribution >= 4 is 5.97 Å². The fraction of sp³-hybridized carbons (Fsp3) is 0.875. The number of aliphatic hydroxyl groups is 1. The van der Waals surface area contributed by atoms with E-state index in [9.17, 15) is 4.79 Å². The molecule has 0 rings (SSSR count). The van der Waals surface area contributed by atoms with E-state index in [0.29, 0.717) is 0 Å². The number of carboxylic acid groups (broad SMARTS) is 1. The van der Waals surface area contributed by atoms with Crippen LogP contribution in [0.15, 0.2) is 0 Å². The van der Waals surface area contributed by atoms with E-state index in [0.717, 1.165) is 0 Å². The average Bonchev–Trinajstić information content (AvgIpc) is 2.17. The number of aliphatic hydroxyl groups excluding tert-OH is 1. The Labute approximate surface area is 82.4 Å². The maximum Gasteiger partial charge on any atom is 0.335 e. The van der Waals surface area contributed by atoms with Gasteiger partial charge < -0.3 is 24.4 Å². The van der Waals surface area contributed by atoms with Crippen LogP contribution < -0.4 is 0 Å². The lowest BCUT2D eigenvalue weighted by Crippen LogP contribution is -2.47. The van der Waals surface area contributed by atoms with Crippen LogP contribution in [0.1, 0.15) is 0 Å². The molecule has 0 spiro atoms. The van der Waals surface area contributed by atoms with Crippen molar-refractivity contribution < 1.29 is 29.2 Å². The van der Waals surface area contributed by atoms with Crippen molar-refractivity contribution in [2.45, 2.75) is 18.3 Å². The minimum Gasteiger partial charge on any atom is -0.479 e. The van der Waals surface area contributed by atoms with E-state index < -0.39 is 24.3 Å². The summed E-state index contributed by atoms with van der Waals surface area (Å²) in [5.41, 5.74) is 0. The minimum absolute atomic E-state index is 0.331. The highest BCUT2D eigenvalue weighted by atomic mass is 16.6. The maximum atomic E-state index is 10.7. The molecule has 6 heteroatoms. The first-order chi connectivity index (χ1) is 6.62. The van der Waals surface area contributed by atoms with Crippen LogP contribution in [0, 0.1) is 0 Å². The molecule has 0 aromatic heterocycles. The normalized spacial score (nSPS) is 17.4. The Morgan fingerprint density at radius 3 is 2.00 bits per heavy atom. The van der Waals surface area contributed by atoms with E-state index in [1.54, 1.807) is 0 Å². The van der Waals surface area contributed by atoms with Gasteiger partial charge in [-0.2, -0.15) is 0 Å². The van der Waals surface area contributed by atoms with Crippen LogP contribution in [0.4, 0.5) is 0 Å². The first-order valence-electron chi connectivity index (χ1n) is 4.04. The summed E-state index contributed by atoms with van der Waals surface area (Å²) in [6.07, 6.45) is -2.72. The fourth-order valence-electron chi connectivity index (χ4n) is 1.16. The zero-order chi connectivity index (χ0) is 11.1. The fourth-order valence-corrected chi connectivity index (χ4v) is 1.16. The Hall–Kier alpha value is -0.690. The third-order valence-corrected chi connectivity index (χ3v) is 1.92. The number of rotatable bonds is 7. The zero-order valence-corrected chi connectivity index (χ0v) is 8.47. The van der Waals surface area contributed by atoms with Crippen molar-refractivity contribution in [2.24, 2.45) is 0 Å². The van der Waals surface area contributed by atoms with E-state index in [1.807, 2.05) is 0 Å². The van der Waals surface area contributed by atoms with E-state index in [1.165, 1.54) is 21.3 Å². The molecule has 0 radical (unpaired) electrons. The van der Waals surface area contributed by atoms with E-state index >= 15 is 0 Å². The molecule has 0 aromatic rings. The molecular weight excluding hydrogens is 192 g/mol. The maximum absolute atomic E-state index is 10.7. The number of methoxy groups -OCH3 is 3. The van der Waals surface area contributed by atoms with E-state index in [2.05, 4.69) is 0 Å². The van der Waals surface area contributed by atoms with Gasteiger partial charge in [0.2, 0.25) is 0 Å². The molecule has 14 heavy (non-hydrogen) atoms. The predicted molar refractivity (Wildman–Crippen MR) is 47.1 cm³/mol. The Morgan fingerprint density at radius 2 is 1.79 bits per heavy atom. The second-order valence-corrected chi connectivity index (χ2v) is 2.65. The lowest BCUT2D eigenvalue weighted by Gasteiger charge is -2.27. The van der Waals surface area contributed by atoms with Gasteiger partial charge in [0.15, 0.2) is 6.10 Å². The molecule has 3 atom stereocenters. The van der Waals surface area contributed by atoms with E-state index in [-0.39, 0.29) is 6.61 Å². The molecule has 0 aromatic carbocycles. The number of carboxylic acids is 1. The molecule has 0 aliphatic rings. The molecule has 0 aliphatic carbocycles. The summed E-state index contributed by atoms with van der Waals surface area (Å²) in [5.74, 6) is -1.16. The molecule has 0 saturated carbocycles. The monoisotopic (exact) mass is 208 g/mol. The molecule has 0 saturated heterocycles. The van der Waals surface area contributed by atoms with Gasteiger partial charge in [-0.3, -0.25) is 0 Å². The Balaban J connectivity index is 4.56. The Morgan fingerprint density at radius 1 is 1.21 bits per heavy atom. The van der Waals surface area contributed by atoms with Crippen LogP contribution in [-0.2, 0) is 19.0 Å². The van der Waals surface area contributed by atoms with Crippen molar-refractivity contribution in [3.05, 3.63) is 0 Å². The summed E-state index contributed by atoms with van der Waals surface area (Å²) in [6.45, 7) is -0.331. The first kappa shape index (κ1) is 13.3. The van der Waals surface area contributed by atoms with Gasteiger partial charge in [0.05, 0.1) is 6.61 Å². The van der Waals surface area contributed by atoms with Gasteiger partial charge in [-0.15, -0.1) is 0 Å². The third-order valence-electron chi connectivity index (χ3n) is 1.92. The van der Waals surface area contributed by atoms with Gasteiger partial charge in [0.1, 0.15) is 12.2 Å². The second kappa shape index (κ2) is 6.72. The molecule has 0 bridgehead atoms. The van der Waals surface area contributed by atoms with Crippen molar-refractivity contribution in [2.75, 3.05) is 27.9 Å². The second-order valence-electron chi connectivity index (χ2n) is 2.65. The number of carbonyl (C=O) groups is 1. The van der Waals surface area contributed by atoms with Crippen LogP contribution in [0.25, 0.3) is 0 Å². The summed E-state index contributed by atoms with van der Waals surface area (Å²) in [6, 6.07) is 0. The zero-order valence-electron chi connectivity index (χ0n) is 8.47. The lowest BCUT2D eigenvalue weighted by atomic mass is 10.1. The summed E-state index contributed by atoms with van der Waals surface area (Å²) < 4.78 is 14.5. The molecule has 84 valence electrons. The standard InChI is InChI=1S/C8H16O6/c1-12-5(4-9)6(13-2)7(14-3)8(10)11/h5-7,9H,4H2,1-3H3,(H,10,11). The predicted octanol–water partition coefficient (Wildman–Crippen LogP) is -0.892. The number of hydrogen-bond acceptors (Lipinski definition) is 5. The van der Waals surface area contributed by atoms with Crippen molar-refractivity contribution in [3.8, 4) is 0 Å². The van der Waals surface area contributed by atoms with Crippen molar-refractivity contribution in [3.63, 3.8) is 0 Å². The smallest absolute Gasteiger partial charge is 0.335 e. The van der Waals surface area contributed by atoms with Gasteiger partial charge in [0, 0.05) is 21.3 Å². The summed E-state index contributed by atoms with van der Waals surface area (Å²) in [5, 5.41) is 17.7. The summed E-state index contributed by atoms with van der Waals surface area (Å²) >= 11 is 0. The quantitative estimate of drug-likeness (QED) is 0.564. The van der Waals surface area contributed by atoms with Gasteiger partial charge >= 0.3 is 5.97 Å². The van der Waals surface area contributed by atoms with Crippen molar-refractivity contribution in [1.29, 1.82) is 0 Å². The lowest BCUT2D eigenvalue weighted by molar-refractivity contribution is -0.168. The minimum atomic E-state index is -1.16. The molecular formula is C8H16O6. The van der Waals surface area contributed by atoms with Gasteiger partial charge in [0.25, 0.3) is 0 Å². The molecule has 6 nitrogen and oxygen atoms in total.